The van der Waals surface area contributed by atoms with Crippen molar-refractivity contribution in [3.63, 3.8) is 0 Å². The SMILES string of the molecule is COc1ccc(-c2[nH]ncc2-c2ccc(OC)c(OC)c2)c(O)c1. The van der Waals surface area contributed by atoms with Gasteiger partial charge in [0.05, 0.1) is 33.2 Å². The van der Waals surface area contributed by atoms with E-state index in [0.717, 1.165) is 11.1 Å². The normalized spacial score (nSPS) is 10.5. The first-order chi connectivity index (χ1) is 11.7. The molecular weight excluding hydrogens is 308 g/mol. The number of methoxy groups -OCH3 is 3. The Morgan fingerprint density at radius 2 is 1.67 bits per heavy atom. The number of nitrogens with zero attached hydrogens (tertiary/aromatic N) is 1. The zero-order valence-corrected chi connectivity index (χ0v) is 13.7. The van der Waals surface area contributed by atoms with E-state index in [-0.39, 0.29) is 5.75 Å². The lowest BCUT2D eigenvalue weighted by Gasteiger charge is -2.11. The van der Waals surface area contributed by atoms with Crippen LogP contribution in [-0.4, -0.2) is 36.6 Å². The maximum Gasteiger partial charge on any atom is 0.161 e. The van der Waals surface area contributed by atoms with Crippen LogP contribution in [0.2, 0.25) is 0 Å². The van der Waals surface area contributed by atoms with Crippen molar-refractivity contribution in [2.75, 3.05) is 21.3 Å². The van der Waals surface area contributed by atoms with Crippen molar-refractivity contribution in [2.45, 2.75) is 0 Å². The highest BCUT2D eigenvalue weighted by Gasteiger charge is 2.15. The number of rotatable bonds is 5. The Morgan fingerprint density at radius 1 is 0.875 bits per heavy atom. The van der Waals surface area contributed by atoms with Crippen LogP contribution in [0.15, 0.2) is 42.6 Å². The summed E-state index contributed by atoms with van der Waals surface area (Å²) >= 11 is 0. The number of phenolic OH excluding ortho intramolecular Hbond substituents is 1. The van der Waals surface area contributed by atoms with E-state index in [1.165, 1.54) is 0 Å². The average molecular weight is 326 g/mol. The fourth-order valence-electron chi connectivity index (χ4n) is 2.56. The van der Waals surface area contributed by atoms with Gasteiger partial charge in [-0.05, 0) is 29.8 Å². The van der Waals surface area contributed by atoms with Crippen LogP contribution in [0.25, 0.3) is 22.4 Å². The third kappa shape index (κ3) is 2.74. The fraction of sp³-hybridized carbons (Fsp3) is 0.167. The molecule has 3 aromatic rings. The summed E-state index contributed by atoms with van der Waals surface area (Å²) in [4.78, 5) is 0. The molecule has 6 heteroatoms. The van der Waals surface area contributed by atoms with Gasteiger partial charge >= 0.3 is 0 Å². The van der Waals surface area contributed by atoms with Crippen LogP contribution >= 0.6 is 0 Å². The van der Waals surface area contributed by atoms with Gasteiger partial charge in [-0.2, -0.15) is 5.10 Å². The number of hydrogen-bond donors (Lipinski definition) is 2. The summed E-state index contributed by atoms with van der Waals surface area (Å²) in [6, 6.07) is 10.7. The van der Waals surface area contributed by atoms with Gasteiger partial charge in [0.25, 0.3) is 0 Å². The number of hydrogen-bond acceptors (Lipinski definition) is 5. The molecule has 0 fully saturated rings. The lowest BCUT2D eigenvalue weighted by atomic mass is 10.0. The van der Waals surface area contributed by atoms with E-state index in [1.807, 2.05) is 18.2 Å². The molecule has 0 spiro atoms. The monoisotopic (exact) mass is 326 g/mol. The van der Waals surface area contributed by atoms with Gasteiger partial charge in [-0.25, -0.2) is 0 Å². The minimum Gasteiger partial charge on any atom is -0.507 e. The van der Waals surface area contributed by atoms with Crippen molar-refractivity contribution >= 4 is 0 Å². The molecule has 2 aromatic carbocycles. The summed E-state index contributed by atoms with van der Waals surface area (Å²) in [7, 11) is 4.74. The molecule has 0 unspecified atom stereocenters. The summed E-state index contributed by atoms with van der Waals surface area (Å²) in [6.45, 7) is 0. The van der Waals surface area contributed by atoms with E-state index in [2.05, 4.69) is 10.2 Å². The molecule has 2 N–H and O–H groups in total. The topological polar surface area (TPSA) is 76.6 Å². The smallest absolute Gasteiger partial charge is 0.161 e. The molecule has 1 heterocycles. The zero-order chi connectivity index (χ0) is 17.1. The largest absolute Gasteiger partial charge is 0.507 e. The summed E-state index contributed by atoms with van der Waals surface area (Å²) in [5, 5.41) is 17.3. The van der Waals surface area contributed by atoms with Crippen LogP contribution in [-0.2, 0) is 0 Å². The van der Waals surface area contributed by atoms with Gasteiger partial charge in [0.15, 0.2) is 11.5 Å². The Labute approximate surface area is 139 Å². The highest BCUT2D eigenvalue weighted by Crippen LogP contribution is 2.39. The number of H-pyrrole nitrogens is 1. The molecule has 0 atom stereocenters. The Hall–Kier alpha value is -3.15. The predicted octanol–water partition coefficient (Wildman–Crippen LogP) is 3.48. The Morgan fingerprint density at radius 3 is 2.33 bits per heavy atom. The molecule has 6 nitrogen and oxygen atoms in total. The first kappa shape index (κ1) is 15.7. The first-order valence-electron chi connectivity index (χ1n) is 7.31. The van der Waals surface area contributed by atoms with Gasteiger partial charge in [0.1, 0.15) is 11.5 Å². The van der Waals surface area contributed by atoms with E-state index >= 15 is 0 Å². The van der Waals surface area contributed by atoms with E-state index in [9.17, 15) is 5.11 Å². The summed E-state index contributed by atoms with van der Waals surface area (Å²) in [5.41, 5.74) is 3.09. The van der Waals surface area contributed by atoms with Crippen LogP contribution < -0.4 is 14.2 Å². The molecule has 0 amide bonds. The number of nitrogens with one attached hydrogen (secondary N) is 1. The van der Waals surface area contributed by atoms with Crippen LogP contribution in [0.1, 0.15) is 0 Å². The molecule has 0 saturated heterocycles. The Bertz CT molecular complexity index is 858. The lowest BCUT2D eigenvalue weighted by Crippen LogP contribution is -1.91. The van der Waals surface area contributed by atoms with Crippen molar-refractivity contribution in [3.8, 4) is 45.4 Å². The van der Waals surface area contributed by atoms with Crippen molar-refractivity contribution < 1.29 is 19.3 Å². The van der Waals surface area contributed by atoms with Gasteiger partial charge < -0.3 is 19.3 Å². The minimum atomic E-state index is 0.111. The Balaban J connectivity index is 2.08. The molecule has 0 saturated carbocycles. The third-order valence-electron chi connectivity index (χ3n) is 3.81. The second kappa shape index (κ2) is 6.54. The molecule has 124 valence electrons. The van der Waals surface area contributed by atoms with Crippen molar-refractivity contribution in [1.82, 2.24) is 10.2 Å². The second-order valence-electron chi connectivity index (χ2n) is 5.11. The molecule has 0 bridgehead atoms. The highest BCUT2D eigenvalue weighted by molar-refractivity contribution is 5.84. The number of benzene rings is 2. The minimum absolute atomic E-state index is 0.111. The number of aromatic amines is 1. The number of phenols is 1. The third-order valence-corrected chi connectivity index (χ3v) is 3.81. The van der Waals surface area contributed by atoms with Crippen molar-refractivity contribution in [1.29, 1.82) is 0 Å². The van der Waals surface area contributed by atoms with E-state index < -0.39 is 0 Å². The van der Waals surface area contributed by atoms with Gasteiger partial charge in [0, 0.05) is 17.2 Å². The highest BCUT2D eigenvalue weighted by atomic mass is 16.5. The van der Waals surface area contributed by atoms with Gasteiger partial charge in [-0.15, -0.1) is 0 Å². The van der Waals surface area contributed by atoms with Crippen LogP contribution in [0.5, 0.6) is 23.0 Å². The maximum atomic E-state index is 10.3. The maximum absolute atomic E-state index is 10.3. The molecule has 3 rings (SSSR count). The molecular formula is C18H18N2O4. The summed E-state index contributed by atoms with van der Waals surface area (Å²) in [6.07, 6.45) is 1.71. The molecule has 0 aliphatic rings. The quantitative estimate of drug-likeness (QED) is 0.751. The summed E-state index contributed by atoms with van der Waals surface area (Å²) in [5.74, 6) is 1.98. The van der Waals surface area contributed by atoms with Gasteiger partial charge in [-0.1, -0.05) is 6.07 Å². The predicted molar refractivity (Wildman–Crippen MR) is 90.8 cm³/mol. The van der Waals surface area contributed by atoms with Crippen LogP contribution in [0.4, 0.5) is 0 Å². The van der Waals surface area contributed by atoms with Crippen molar-refractivity contribution in [3.05, 3.63) is 42.6 Å². The van der Waals surface area contributed by atoms with Crippen molar-refractivity contribution in [2.24, 2.45) is 0 Å². The first-order valence-corrected chi connectivity index (χ1v) is 7.31. The van der Waals surface area contributed by atoms with Gasteiger partial charge in [-0.3, -0.25) is 5.10 Å². The fourth-order valence-corrected chi connectivity index (χ4v) is 2.56. The van der Waals surface area contributed by atoms with Crippen LogP contribution in [0.3, 0.4) is 0 Å². The molecule has 0 aliphatic heterocycles. The molecule has 0 aliphatic carbocycles. The molecule has 0 radical (unpaired) electrons. The lowest BCUT2D eigenvalue weighted by molar-refractivity contribution is 0.355. The van der Waals surface area contributed by atoms with E-state index in [4.69, 9.17) is 14.2 Å². The van der Waals surface area contributed by atoms with Gasteiger partial charge in [0.2, 0.25) is 0 Å². The van der Waals surface area contributed by atoms with Crippen LogP contribution in [0, 0.1) is 0 Å². The standard InChI is InChI=1S/C18H18N2O4/c1-22-12-5-6-13(15(21)9-12)18-14(10-19-20-18)11-4-7-16(23-2)17(8-11)24-3/h4-10,21H,1-3H3,(H,19,20). The Kier molecular flexibility index (Phi) is 4.29. The summed E-state index contributed by atoms with van der Waals surface area (Å²) < 4.78 is 15.7. The van der Waals surface area contributed by atoms with E-state index in [0.29, 0.717) is 28.5 Å². The number of ether oxygens (including phenoxy) is 3. The average Bonchev–Trinajstić information content (AvgIpc) is 3.10. The second-order valence-corrected chi connectivity index (χ2v) is 5.11. The molecule has 24 heavy (non-hydrogen) atoms. The van der Waals surface area contributed by atoms with E-state index in [1.54, 1.807) is 45.7 Å². The zero-order valence-electron chi connectivity index (χ0n) is 13.7. The number of aromatic nitrogens is 2. The molecule has 1 aromatic heterocycles. The number of aromatic hydroxyl groups is 1.